The Morgan fingerprint density at radius 2 is 1.68 bits per heavy atom. The number of carbonyl (C=O) groups is 1. The van der Waals surface area contributed by atoms with E-state index >= 15 is 0 Å². The third-order valence-corrected chi connectivity index (χ3v) is 4.35. The van der Waals surface area contributed by atoms with E-state index in [1.165, 1.54) is 0 Å². The van der Waals surface area contributed by atoms with Gasteiger partial charge in [0.15, 0.2) is 0 Å². The summed E-state index contributed by atoms with van der Waals surface area (Å²) >= 11 is 0. The summed E-state index contributed by atoms with van der Waals surface area (Å²) in [4.78, 5) is 12.4. The molecule has 0 spiro atoms. The summed E-state index contributed by atoms with van der Waals surface area (Å²) in [6.07, 6.45) is 0. The lowest BCUT2D eigenvalue weighted by atomic mass is 10.1. The number of anilines is 1. The first-order chi connectivity index (χ1) is 13.7. The van der Waals surface area contributed by atoms with Gasteiger partial charge in [0.05, 0.1) is 12.3 Å². The number of amides is 2. The van der Waals surface area contributed by atoms with Crippen molar-refractivity contribution in [3.8, 4) is 5.75 Å². The highest BCUT2D eigenvalue weighted by atomic mass is 16.5. The molecule has 0 aliphatic heterocycles. The Labute approximate surface area is 165 Å². The molecule has 3 N–H and O–H groups in total. The largest absolute Gasteiger partial charge is 0.487 e. The van der Waals surface area contributed by atoms with Crippen molar-refractivity contribution < 1.29 is 14.6 Å². The van der Waals surface area contributed by atoms with E-state index in [1.54, 1.807) is 0 Å². The minimum Gasteiger partial charge on any atom is -0.487 e. The fourth-order valence-electron chi connectivity index (χ4n) is 2.81. The Balaban J connectivity index is 1.63. The zero-order valence-electron chi connectivity index (χ0n) is 15.8. The van der Waals surface area contributed by atoms with E-state index in [0.717, 1.165) is 22.3 Å². The topological polar surface area (TPSA) is 70.6 Å². The fourth-order valence-corrected chi connectivity index (χ4v) is 2.81. The van der Waals surface area contributed by atoms with E-state index in [2.05, 4.69) is 10.6 Å². The first kappa shape index (κ1) is 19.5. The minimum atomic E-state index is -0.332. The van der Waals surface area contributed by atoms with Gasteiger partial charge in [-0.2, -0.15) is 0 Å². The van der Waals surface area contributed by atoms with Crippen LogP contribution in [0.5, 0.6) is 5.75 Å². The molecular weight excluding hydrogens is 352 g/mol. The van der Waals surface area contributed by atoms with Crippen molar-refractivity contribution in [2.45, 2.75) is 26.7 Å². The molecule has 0 fully saturated rings. The molecule has 0 saturated carbocycles. The number of aliphatic hydroxyl groups is 1. The Kier molecular flexibility index (Phi) is 6.65. The maximum atomic E-state index is 12.4. The van der Waals surface area contributed by atoms with Gasteiger partial charge in [-0.1, -0.05) is 60.7 Å². The van der Waals surface area contributed by atoms with Crippen LogP contribution in [0.25, 0.3) is 0 Å². The smallest absolute Gasteiger partial charge is 0.319 e. The van der Waals surface area contributed by atoms with Gasteiger partial charge >= 0.3 is 6.03 Å². The van der Waals surface area contributed by atoms with Crippen LogP contribution in [0.2, 0.25) is 0 Å². The van der Waals surface area contributed by atoms with Crippen LogP contribution in [0.4, 0.5) is 10.5 Å². The lowest BCUT2D eigenvalue weighted by molar-refractivity contribution is 0.251. The highest BCUT2D eigenvalue weighted by Gasteiger charge is 2.09. The summed E-state index contributed by atoms with van der Waals surface area (Å²) in [7, 11) is 0. The molecule has 2 amide bonds. The van der Waals surface area contributed by atoms with Crippen LogP contribution >= 0.6 is 0 Å². The summed E-state index contributed by atoms with van der Waals surface area (Å²) in [5.41, 5.74) is 4.38. The fraction of sp³-hybridized carbons (Fsp3) is 0.174. The number of urea groups is 1. The van der Waals surface area contributed by atoms with E-state index in [0.29, 0.717) is 24.6 Å². The van der Waals surface area contributed by atoms with Crippen LogP contribution in [0.15, 0.2) is 72.8 Å². The van der Waals surface area contributed by atoms with Crippen molar-refractivity contribution in [2.75, 3.05) is 5.32 Å². The number of hydrogen-bond acceptors (Lipinski definition) is 3. The third-order valence-electron chi connectivity index (χ3n) is 4.35. The van der Waals surface area contributed by atoms with Gasteiger partial charge < -0.3 is 20.5 Å². The predicted octanol–water partition coefficient (Wildman–Crippen LogP) is 4.39. The first-order valence-corrected chi connectivity index (χ1v) is 9.15. The second-order valence-electron chi connectivity index (χ2n) is 6.51. The van der Waals surface area contributed by atoms with E-state index in [-0.39, 0.29) is 12.6 Å². The molecule has 0 atom stereocenters. The SMILES string of the molecule is Cc1ccc(NC(=O)NCc2ccccc2CO)c(OCc2ccccc2)c1. The molecule has 0 aromatic heterocycles. The molecule has 0 aliphatic carbocycles. The average molecular weight is 376 g/mol. The normalized spacial score (nSPS) is 10.4. The lowest BCUT2D eigenvalue weighted by Crippen LogP contribution is -2.28. The monoisotopic (exact) mass is 376 g/mol. The van der Waals surface area contributed by atoms with Gasteiger partial charge in [-0.25, -0.2) is 4.79 Å². The Morgan fingerprint density at radius 1 is 0.964 bits per heavy atom. The number of hydrogen-bond donors (Lipinski definition) is 3. The van der Waals surface area contributed by atoms with Gasteiger partial charge in [-0.05, 0) is 41.3 Å². The highest BCUT2D eigenvalue weighted by Crippen LogP contribution is 2.26. The van der Waals surface area contributed by atoms with Crippen LogP contribution in [0.1, 0.15) is 22.3 Å². The summed E-state index contributed by atoms with van der Waals surface area (Å²) < 4.78 is 5.93. The number of nitrogens with one attached hydrogen (secondary N) is 2. The molecule has 5 heteroatoms. The van der Waals surface area contributed by atoms with Crippen molar-refractivity contribution in [1.29, 1.82) is 0 Å². The molecule has 0 radical (unpaired) electrons. The molecule has 3 rings (SSSR count). The van der Waals surface area contributed by atoms with E-state index < -0.39 is 0 Å². The molecular formula is C23H24N2O3. The van der Waals surface area contributed by atoms with Crippen LogP contribution in [0.3, 0.4) is 0 Å². The number of carbonyl (C=O) groups excluding carboxylic acids is 1. The second-order valence-corrected chi connectivity index (χ2v) is 6.51. The third kappa shape index (κ3) is 5.34. The number of benzene rings is 3. The van der Waals surface area contributed by atoms with Gasteiger partial charge in [-0.15, -0.1) is 0 Å². The Morgan fingerprint density at radius 3 is 2.43 bits per heavy atom. The molecule has 0 bridgehead atoms. The molecule has 0 unspecified atom stereocenters. The number of aryl methyl sites for hydroxylation is 1. The van der Waals surface area contributed by atoms with Gasteiger partial charge in [-0.3, -0.25) is 0 Å². The molecule has 28 heavy (non-hydrogen) atoms. The summed E-state index contributed by atoms with van der Waals surface area (Å²) in [6, 6.07) is 22.7. The second kappa shape index (κ2) is 9.58. The summed E-state index contributed by atoms with van der Waals surface area (Å²) in [5, 5.41) is 15.1. The molecule has 0 saturated heterocycles. The average Bonchev–Trinajstić information content (AvgIpc) is 2.73. The van der Waals surface area contributed by atoms with Crippen molar-refractivity contribution >= 4 is 11.7 Å². The number of rotatable bonds is 7. The van der Waals surface area contributed by atoms with Crippen molar-refractivity contribution in [2.24, 2.45) is 0 Å². The van der Waals surface area contributed by atoms with Crippen molar-refractivity contribution in [1.82, 2.24) is 5.32 Å². The van der Waals surface area contributed by atoms with Gasteiger partial charge in [0.1, 0.15) is 12.4 Å². The van der Waals surface area contributed by atoms with Crippen LogP contribution in [-0.2, 0) is 19.8 Å². The van der Waals surface area contributed by atoms with E-state index in [4.69, 9.17) is 4.74 Å². The molecule has 5 nitrogen and oxygen atoms in total. The lowest BCUT2D eigenvalue weighted by Gasteiger charge is -2.15. The molecule has 3 aromatic carbocycles. The van der Waals surface area contributed by atoms with Gasteiger partial charge in [0.25, 0.3) is 0 Å². The molecule has 144 valence electrons. The molecule has 0 heterocycles. The standard InChI is InChI=1S/C23H24N2O3/c1-17-11-12-21(22(13-17)28-16-18-7-3-2-4-8-18)25-23(27)24-14-19-9-5-6-10-20(19)15-26/h2-13,26H,14-16H2,1H3,(H2,24,25,27). The van der Waals surface area contributed by atoms with Crippen LogP contribution < -0.4 is 15.4 Å². The Hall–Kier alpha value is -3.31. The summed E-state index contributed by atoms with van der Waals surface area (Å²) in [6.45, 7) is 2.67. The van der Waals surface area contributed by atoms with E-state index in [1.807, 2.05) is 79.7 Å². The first-order valence-electron chi connectivity index (χ1n) is 9.15. The zero-order valence-corrected chi connectivity index (χ0v) is 15.8. The van der Waals surface area contributed by atoms with Crippen LogP contribution in [0, 0.1) is 6.92 Å². The Bertz CT molecular complexity index is 926. The number of ether oxygens (including phenoxy) is 1. The zero-order chi connectivity index (χ0) is 19.8. The minimum absolute atomic E-state index is 0.0606. The molecule has 0 aliphatic rings. The van der Waals surface area contributed by atoms with E-state index in [9.17, 15) is 9.90 Å². The maximum absolute atomic E-state index is 12.4. The van der Waals surface area contributed by atoms with Gasteiger partial charge in [0.2, 0.25) is 0 Å². The van der Waals surface area contributed by atoms with Crippen LogP contribution in [-0.4, -0.2) is 11.1 Å². The maximum Gasteiger partial charge on any atom is 0.319 e. The summed E-state index contributed by atoms with van der Waals surface area (Å²) in [5.74, 6) is 0.620. The van der Waals surface area contributed by atoms with Crippen molar-refractivity contribution in [3.05, 3.63) is 95.1 Å². The quantitative estimate of drug-likeness (QED) is 0.573. The number of aliphatic hydroxyl groups excluding tert-OH is 1. The molecule has 3 aromatic rings. The van der Waals surface area contributed by atoms with Crippen molar-refractivity contribution in [3.63, 3.8) is 0 Å². The van der Waals surface area contributed by atoms with Gasteiger partial charge in [0, 0.05) is 6.54 Å². The predicted molar refractivity (Wildman–Crippen MR) is 110 cm³/mol. The highest BCUT2D eigenvalue weighted by molar-refractivity contribution is 5.91.